The summed E-state index contributed by atoms with van der Waals surface area (Å²) in [5.74, 6) is 2.72. The average molecular weight is 284 g/mol. The first-order valence-electron chi connectivity index (χ1n) is 8.86. The Kier molecular flexibility index (Phi) is 3.76. The quantitative estimate of drug-likeness (QED) is 0.894. The van der Waals surface area contributed by atoms with E-state index >= 15 is 0 Å². The van der Waals surface area contributed by atoms with Gasteiger partial charge in [0, 0.05) is 12.6 Å². The van der Waals surface area contributed by atoms with Gasteiger partial charge in [-0.2, -0.15) is 0 Å². The Balaban J connectivity index is 1.29. The van der Waals surface area contributed by atoms with Crippen LogP contribution in [0.2, 0.25) is 0 Å². The summed E-state index contributed by atoms with van der Waals surface area (Å²) in [6.45, 7) is 7.44. The molecule has 0 bridgehead atoms. The molecule has 0 spiro atoms. The largest absolute Gasteiger partial charge is 0.313 e. The number of likely N-dealkylation sites (tertiary alicyclic amines) is 1. The van der Waals surface area contributed by atoms with Gasteiger partial charge in [-0.3, -0.25) is 0 Å². The molecule has 4 atom stereocenters. The number of benzene rings is 1. The minimum atomic E-state index is 0.640. The molecule has 1 aromatic carbocycles. The molecule has 0 radical (unpaired) electrons. The molecule has 1 aliphatic heterocycles. The summed E-state index contributed by atoms with van der Waals surface area (Å²) in [6, 6.07) is 9.78. The van der Waals surface area contributed by atoms with Gasteiger partial charge < -0.3 is 10.2 Å². The molecule has 1 aromatic rings. The van der Waals surface area contributed by atoms with E-state index in [-0.39, 0.29) is 0 Å². The molecule has 2 aliphatic carbocycles. The van der Waals surface area contributed by atoms with Crippen LogP contribution in [-0.4, -0.2) is 37.1 Å². The fraction of sp³-hybridized carbons (Fsp3) is 0.684. The zero-order chi connectivity index (χ0) is 14.2. The number of fused-ring (bicyclic) bond motifs is 3. The lowest BCUT2D eigenvalue weighted by atomic mass is 9.92. The summed E-state index contributed by atoms with van der Waals surface area (Å²) >= 11 is 0. The van der Waals surface area contributed by atoms with Gasteiger partial charge in [0.25, 0.3) is 0 Å². The lowest BCUT2D eigenvalue weighted by Crippen LogP contribution is -2.39. The van der Waals surface area contributed by atoms with Crippen LogP contribution in [0.4, 0.5) is 0 Å². The van der Waals surface area contributed by atoms with Crippen molar-refractivity contribution >= 4 is 0 Å². The van der Waals surface area contributed by atoms with Crippen LogP contribution in [0.5, 0.6) is 0 Å². The van der Waals surface area contributed by atoms with Crippen LogP contribution < -0.4 is 5.32 Å². The molecular weight excluding hydrogens is 256 g/mol. The maximum atomic E-state index is 3.82. The van der Waals surface area contributed by atoms with E-state index in [1.54, 1.807) is 11.1 Å². The van der Waals surface area contributed by atoms with Crippen LogP contribution in [0.1, 0.15) is 43.2 Å². The molecule has 21 heavy (non-hydrogen) atoms. The summed E-state index contributed by atoms with van der Waals surface area (Å²) in [6.07, 6.45) is 5.51. The molecule has 1 saturated heterocycles. The van der Waals surface area contributed by atoms with Gasteiger partial charge in [-0.25, -0.2) is 0 Å². The van der Waals surface area contributed by atoms with Crippen LogP contribution >= 0.6 is 0 Å². The standard InChI is InChI=1S/C19H28N2/c1-14(13-21-10-4-5-11-21)20-12-18-17-9-8-15-6-2-3-7-16(15)19(17)18/h2-3,6-7,14,17-20H,4-5,8-13H2,1H3. The highest BCUT2D eigenvalue weighted by molar-refractivity contribution is 5.39. The third-order valence-electron chi connectivity index (χ3n) is 5.93. The predicted octanol–water partition coefficient (Wildman–Crippen LogP) is 3.04. The summed E-state index contributed by atoms with van der Waals surface area (Å²) < 4.78 is 0. The molecule has 0 amide bonds. The highest BCUT2D eigenvalue weighted by atomic mass is 15.2. The molecule has 1 N–H and O–H groups in total. The number of rotatable bonds is 5. The maximum Gasteiger partial charge on any atom is 0.0166 e. The summed E-state index contributed by atoms with van der Waals surface area (Å²) in [7, 11) is 0. The Hall–Kier alpha value is -0.860. The lowest BCUT2D eigenvalue weighted by Gasteiger charge is -2.21. The smallest absolute Gasteiger partial charge is 0.0166 e. The minimum absolute atomic E-state index is 0.640. The van der Waals surface area contributed by atoms with Crippen molar-refractivity contribution in [1.82, 2.24) is 10.2 Å². The number of hydrogen-bond donors (Lipinski definition) is 1. The number of hydrogen-bond acceptors (Lipinski definition) is 2. The fourth-order valence-electron chi connectivity index (χ4n) is 4.74. The molecule has 4 unspecified atom stereocenters. The molecule has 3 aliphatic rings. The fourth-order valence-corrected chi connectivity index (χ4v) is 4.74. The average Bonchev–Trinajstić information content (AvgIpc) is 2.99. The molecule has 1 saturated carbocycles. The zero-order valence-corrected chi connectivity index (χ0v) is 13.2. The zero-order valence-electron chi connectivity index (χ0n) is 13.2. The molecular formula is C19H28N2. The van der Waals surface area contributed by atoms with Crippen LogP contribution in [-0.2, 0) is 6.42 Å². The van der Waals surface area contributed by atoms with Crippen molar-refractivity contribution in [3.8, 4) is 0 Å². The number of nitrogens with one attached hydrogen (secondary N) is 1. The van der Waals surface area contributed by atoms with E-state index < -0.39 is 0 Å². The van der Waals surface area contributed by atoms with Gasteiger partial charge in [0.2, 0.25) is 0 Å². The van der Waals surface area contributed by atoms with Gasteiger partial charge in [-0.1, -0.05) is 24.3 Å². The first kappa shape index (κ1) is 13.8. The Labute approximate surface area is 128 Å². The first-order valence-corrected chi connectivity index (χ1v) is 8.86. The second-order valence-electron chi connectivity index (χ2n) is 7.41. The molecule has 0 aromatic heterocycles. The van der Waals surface area contributed by atoms with Crippen molar-refractivity contribution in [2.75, 3.05) is 26.2 Å². The van der Waals surface area contributed by atoms with E-state index in [1.165, 1.54) is 51.9 Å². The molecule has 2 nitrogen and oxygen atoms in total. The Morgan fingerprint density at radius 2 is 2.05 bits per heavy atom. The van der Waals surface area contributed by atoms with Gasteiger partial charge in [0.1, 0.15) is 0 Å². The highest BCUT2D eigenvalue weighted by Crippen LogP contribution is 2.59. The lowest BCUT2D eigenvalue weighted by molar-refractivity contribution is 0.296. The van der Waals surface area contributed by atoms with E-state index in [4.69, 9.17) is 0 Å². The minimum Gasteiger partial charge on any atom is -0.313 e. The van der Waals surface area contributed by atoms with Crippen molar-refractivity contribution in [3.05, 3.63) is 35.4 Å². The van der Waals surface area contributed by atoms with Crippen LogP contribution in [0.3, 0.4) is 0 Å². The summed E-state index contributed by atoms with van der Waals surface area (Å²) in [5.41, 5.74) is 3.28. The molecule has 2 heteroatoms. The molecule has 4 rings (SSSR count). The molecule has 114 valence electrons. The molecule has 1 heterocycles. The van der Waals surface area contributed by atoms with Gasteiger partial charge in [0.05, 0.1) is 0 Å². The SMILES string of the molecule is CC(CN1CCCC1)NCC1C2CCc3ccccc3C21. The normalized spacial score (nSPS) is 32.5. The van der Waals surface area contributed by atoms with Gasteiger partial charge in [0.15, 0.2) is 0 Å². The topological polar surface area (TPSA) is 15.3 Å². The van der Waals surface area contributed by atoms with Crippen molar-refractivity contribution in [2.45, 2.75) is 44.6 Å². The summed E-state index contributed by atoms with van der Waals surface area (Å²) in [5, 5.41) is 3.82. The van der Waals surface area contributed by atoms with E-state index in [1.807, 2.05) is 0 Å². The second-order valence-corrected chi connectivity index (χ2v) is 7.41. The van der Waals surface area contributed by atoms with E-state index in [2.05, 4.69) is 41.4 Å². The Morgan fingerprint density at radius 3 is 2.90 bits per heavy atom. The van der Waals surface area contributed by atoms with Crippen LogP contribution in [0.25, 0.3) is 0 Å². The van der Waals surface area contributed by atoms with E-state index in [0.717, 1.165) is 17.8 Å². The van der Waals surface area contributed by atoms with Crippen molar-refractivity contribution < 1.29 is 0 Å². The Bertz CT molecular complexity index is 492. The van der Waals surface area contributed by atoms with E-state index in [9.17, 15) is 0 Å². The third-order valence-corrected chi connectivity index (χ3v) is 5.93. The van der Waals surface area contributed by atoms with E-state index in [0.29, 0.717) is 6.04 Å². The van der Waals surface area contributed by atoms with Gasteiger partial charge >= 0.3 is 0 Å². The predicted molar refractivity (Wildman–Crippen MR) is 87.6 cm³/mol. The second kappa shape index (κ2) is 5.73. The first-order chi connectivity index (χ1) is 10.3. The van der Waals surface area contributed by atoms with Crippen molar-refractivity contribution in [3.63, 3.8) is 0 Å². The maximum absolute atomic E-state index is 3.82. The van der Waals surface area contributed by atoms with Gasteiger partial charge in [-0.15, -0.1) is 0 Å². The number of nitrogens with zero attached hydrogens (tertiary/aromatic N) is 1. The number of aryl methyl sites for hydroxylation is 1. The van der Waals surface area contributed by atoms with Crippen LogP contribution in [0, 0.1) is 11.8 Å². The molecule has 2 fully saturated rings. The summed E-state index contributed by atoms with van der Waals surface area (Å²) in [4.78, 5) is 2.62. The van der Waals surface area contributed by atoms with Crippen LogP contribution in [0.15, 0.2) is 24.3 Å². The van der Waals surface area contributed by atoms with Crippen molar-refractivity contribution in [2.24, 2.45) is 11.8 Å². The Morgan fingerprint density at radius 1 is 1.24 bits per heavy atom. The van der Waals surface area contributed by atoms with Crippen molar-refractivity contribution in [1.29, 1.82) is 0 Å². The highest BCUT2D eigenvalue weighted by Gasteiger charge is 2.52. The third kappa shape index (κ3) is 2.76. The van der Waals surface area contributed by atoms with Gasteiger partial charge in [-0.05, 0) is 81.1 Å². The monoisotopic (exact) mass is 284 g/mol.